The number of aromatic hydroxyl groups is 1. The number of nitriles is 1. The first-order chi connectivity index (χ1) is 10.3. The highest BCUT2D eigenvalue weighted by Crippen LogP contribution is 2.24. The maximum Gasteiger partial charge on any atom is 0.115 e. The summed E-state index contributed by atoms with van der Waals surface area (Å²) < 4.78 is 0. The molecule has 0 atom stereocenters. The van der Waals surface area contributed by atoms with Crippen LogP contribution < -0.4 is 0 Å². The Morgan fingerprint density at radius 3 is 1.95 bits per heavy atom. The van der Waals surface area contributed by atoms with E-state index >= 15 is 0 Å². The van der Waals surface area contributed by atoms with E-state index in [9.17, 15) is 5.11 Å². The third-order valence-corrected chi connectivity index (χ3v) is 3.27. The molecule has 1 heterocycles. The largest absolute Gasteiger partial charge is 0.508 e. The lowest BCUT2D eigenvalue weighted by molar-refractivity contribution is 0.475. The Morgan fingerprint density at radius 1 is 0.762 bits per heavy atom. The summed E-state index contributed by atoms with van der Waals surface area (Å²) in [6.45, 7) is 0. The molecule has 0 aliphatic rings. The van der Waals surface area contributed by atoms with Crippen LogP contribution in [0.25, 0.3) is 22.4 Å². The van der Waals surface area contributed by atoms with Crippen molar-refractivity contribution < 1.29 is 5.11 Å². The van der Waals surface area contributed by atoms with Crippen molar-refractivity contribution in [2.45, 2.75) is 0 Å². The molecule has 1 aromatic heterocycles. The van der Waals surface area contributed by atoms with E-state index in [4.69, 9.17) is 5.26 Å². The smallest absolute Gasteiger partial charge is 0.115 e. The molecule has 0 saturated carbocycles. The maximum absolute atomic E-state index is 9.30. The lowest BCUT2D eigenvalue weighted by Crippen LogP contribution is -1.85. The van der Waals surface area contributed by atoms with Gasteiger partial charge >= 0.3 is 0 Å². The molecule has 1 N–H and O–H groups in total. The van der Waals surface area contributed by atoms with Crippen molar-refractivity contribution in [1.29, 1.82) is 5.26 Å². The Labute approximate surface area is 122 Å². The predicted octanol–water partition coefficient (Wildman–Crippen LogP) is 3.99. The second-order valence-corrected chi connectivity index (χ2v) is 4.67. The maximum atomic E-state index is 9.30. The number of hydrogen-bond donors (Lipinski definition) is 1. The third-order valence-electron chi connectivity index (χ3n) is 3.27. The van der Waals surface area contributed by atoms with E-state index in [0.29, 0.717) is 5.56 Å². The Hall–Kier alpha value is -3.12. The molecule has 0 aliphatic heterocycles. The fourth-order valence-corrected chi connectivity index (χ4v) is 2.10. The number of pyridine rings is 1. The first kappa shape index (κ1) is 12.9. The van der Waals surface area contributed by atoms with E-state index in [1.54, 1.807) is 24.3 Å². The third kappa shape index (κ3) is 2.75. The van der Waals surface area contributed by atoms with Gasteiger partial charge < -0.3 is 5.11 Å². The Balaban J connectivity index is 1.89. The van der Waals surface area contributed by atoms with E-state index in [0.717, 1.165) is 22.4 Å². The minimum absolute atomic E-state index is 0.243. The van der Waals surface area contributed by atoms with Crippen LogP contribution >= 0.6 is 0 Å². The summed E-state index contributed by atoms with van der Waals surface area (Å²) in [5.74, 6) is 0.243. The molecule has 0 unspecified atom stereocenters. The van der Waals surface area contributed by atoms with Crippen LogP contribution in [0.3, 0.4) is 0 Å². The van der Waals surface area contributed by atoms with Crippen LogP contribution in [0, 0.1) is 11.3 Å². The molecule has 0 aliphatic carbocycles. The number of phenols is 1. The van der Waals surface area contributed by atoms with Gasteiger partial charge in [0, 0.05) is 17.3 Å². The number of aromatic nitrogens is 1. The molecular weight excluding hydrogens is 260 g/mol. The summed E-state index contributed by atoms with van der Waals surface area (Å²) in [5.41, 5.74) is 4.49. The van der Waals surface area contributed by atoms with Crippen LogP contribution in [0.5, 0.6) is 5.75 Å². The van der Waals surface area contributed by atoms with Gasteiger partial charge in [-0.15, -0.1) is 0 Å². The monoisotopic (exact) mass is 272 g/mol. The van der Waals surface area contributed by atoms with Crippen molar-refractivity contribution in [2.24, 2.45) is 0 Å². The number of phenolic OH excluding ortho intramolecular Hbond substituents is 1. The van der Waals surface area contributed by atoms with Gasteiger partial charge in [0.05, 0.1) is 17.3 Å². The molecule has 21 heavy (non-hydrogen) atoms. The fraction of sp³-hybridized carbons (Fsp3) is 0. The average molecular weight is 272 g/mol. The number of rotatable bonds is 2. The first-order valence-electron chi connectivity index (χ1n) is 6.52. The summed E-state index contributed by atoms with van der Waals surface area (Å²) in [6, 6.07) is 20.4. The Bertz CT molecular complexity index is 783. The van der Waals surface area contributed by atoms with Gasteiger partial charge in [-0.25, -0.2) is 0 Å². The second kappa shape index (κ2) is 5.48. The summed E-state index contributed by atoms with van der Waals surface area (Å²) >= 11 is 0. The Morgan fingerprint density at radius 2 is 1.38 bits per heavy atom. The zero-order valence-corrected chi connectivity index (χ0v) is 11.2. The van der Waals surface area contributed by atoms with Gasteiger partial charge in [0.2, 0.25) is 0 Å². The molecule has 0 amide bonds. The van der Waals surface area contributed by atoms with Crippen molar-refractivity contribution in [3.63, 3.8) is 0 Å². The van der Waals surface area contributed by atoms with Crippen molar-refractivity contribution in [3.05, 3.63) is 72.4 Å². The van der Waals surface area contributed by atoms with E-state index in [1.165, 1.54) is 0 Å². The molecule has 3 aromatic rings. The SMILES string of the molecule is N#Cc1ccc(-c2ccc(-c3ccc(O)cc3)nc2)cc1. The topological polar surface area (TPSA) is 56.9 Å². The van der Waals surface area contributed by atoms with Crippen LogP contribution in [-0.2, 0) is 0 Å². The van der Waals surface area contributed by atoms with Crippen LogP contribution in [0.1, 0.15) is 5.56 Å². The highest BCUT2D eigenvalue weighted by molar-refractivity contribution is 5.67. The van der Waals surface area contributed by atoms with E-state index in [2.05, 4.69) is 11.1 Å². The van der Waals surface area contributed by atoms with Gasteiger partial charge in [0.1, 0.15) is 5.75 Å². The van der Waals surface area contributed by atoms with Crippen LogP contribution in [0.2, 0.25) is 0 Å². The van der Waals surface area contributed by atoms with Crippen LogP contribution in [-0.4, -0.2) is 10.1 Å². The number of nitrogens with zero attached hydrogens (tertiary/aromatic N) is 2. The standard InChI is InChI=1S/C18H12N2O/c19-11-13-1-3-14(4-2-13)16-7-10-18(20-12-16)15-5-8-17(21)9-6-15/h1-10,12,21H. The molecule has 0 saturated heterocycles. The summed E-state index contributed by atoms with van der Waals surface area (Å²) in [4.78, 5) is 4.45. The van der Waals surface area contributed by atoms with Crippen molar-refractivity contribution in [2.75, 3.05) is 0 Å². The summed E-state index contributed by atoms with van der Waals surface area (Å²) in [5, 5.41) is 18.1. The quantitative estimate of drug-likeness (QED) is 0.767. The van der Waals surface area contributed by atoms with Crippen LogP contribution in [0.15, 0.2) is 66.9 Å². The molecular formula is C18H12N2O. The normalized spacial score (nSPS) is 10.0. The fourth-order valence-electron chi connectivity index (χ4n) is 2.10. The molecule has 100 valence electrons. The molecule has 3 rings (SSSR count). The number of hydrogen-bond acceptors (Lipinski definition) is 3. The number of benzene rings is 2. The highest BCUT2D eigenvalue weighted by Gasteiger charge is 2.02. The molecule has 0 fully saturated rings. The predicted molar refractivity (Wildman–Crippen MR) is 81.5 cm³/mol. The van der Waals surface area contributed by atoms with E-state index in [1.807, 2.05) is 42.6 Å². The zero-order chi connectivity index (χ0) is 14.7. The van der Waals surface area contributed by atoms with Crippen molar-refractivity contribution >= 4 is 0 Å². The summed E-state index contributed by atoms with van der Waals surface area (Å²) in [7, 11) is 0. The lowest BCUT2D eigenvalue weighted by Gasteiger charge is -2.04. The van der Waals surface area contributed by atoms with E-state index in [-0.39, 0.29) is 5.75 Å². The first-order valence-corrected chi connectivity index (χ1v) is 6.52. The highest BCUT2D eigenvalue weighted by atomic mass is 16.3. The minimum Gasteiger partial charge on any atom is -0.508 e. The van der Waals surface area contributed by atoms with Crippen LogP contribution in [0.4, 0.5) is 0 Å². The van der Waals surface area contributed by atoms with Gasteiger partial charge in [-0.2, -0.15) is 5.26 Å². The molecule has 3 nitrogen and oxygen atoms in total. The van der Waals surface area contributed by atoms with Gasteiger partial charge in [-0.05, 0) is 48.0 Å². The van der Waals surface area contributed by atoms with Gasteiger partial charge in [-0.1, -0.05) is 18.2 Å². The molecule has 0 spiro atoms. The molecule has 0 radical (unpaired) electrons. The molecule has 2 aromatic carbocycles. The van der Waals surface area contributed by atoms with Gasteiger partial charge in [0.15, 0.2) is 0 Å². The molecule has 3 heteroatoms. The van der Waals surface area contributed by atoms with E-state index < -0.39 is 0 Å². The average Bonchev–Trinajstić information content (AvgIpc) is 2.56. The Kier molecular flexibility index (Phi) is 3.36. The lowest BCUT2D eigenvalue weighted by atomic mass is 10.0. The van der Waals surface area contributed by atoms with Gasteiger partial charge in [0.25, 0.3) is 0 Å². The van der Waals surface area contributed by atoms with Crippen molar-refractivity contribution in [3.8, 4) is 34.2 Å². The molecule has 0 bridgehead atoms. The zero-order valence-electron chi connectivity index (χ0n) is 11.2. The second-order valence-electron chi connectivity index (χ2n) is 4.67. The summed E-state index contributed by atoms with van der Waals surface area (Å²) in [6.07, 6.45) is 1.81. The van der Waals surface area contributed by atoms with Crippen molar-refractivity contribution in [1.82, 2.24) is 4.98 Å². The minimum atomic E-state index is 0.243. The van der Waals surface area contributed by atoms with Gasteiger partial charge in [-0.3, -0.25) is 4.98 Å².